The van der Waals surface area contributed by atoms with Crippen LogP contribution in [0.5, 0.6) is 0 Å². The zero-order valence-corrected chi connectivity index (χ0v) is 16.0. The van der Waals surface area contributed by atoms with Crippen molar-refractivity contribution in [2.45, 2.75) is 26.5 Å². The van der Waals surface area contributed by atoms with Crippen LogP contribution < -0.4 is 16.0 Å². The average Bonchev–Trinajstić information content (AvgIpc) is 3.13. The summed E-state index contributed by atoms with van der Waals surface area (Å²) in [5.74, 6) is 1.83. The molecule has 1 aliphatic heterocycles. The smallest absolute Gasteiger partial charge is 0.239 e. The standard InChI is InChI=1S/C18H31N5O3/c1-14(2)12-23-6-8-26-16(13-23)10-21-18(19-3)22-11-17(24)20-9-15-5-4-7-25-15/h4-5,7,14,16H,6,8-13H2,1-3H3,(H,20,24)(H2,19,21,22). The Hall–Kier alpha value is -2.06. The molecule has 3 N–H and O–H groups in total. The highest BCUT2D eigenvalue weighted by atomic mass is 16.5. The maximum absolute atomic E-state index is 11.9. The second kappa shape index (κ2) is 10.8. The van der Waals surface area contributed by atoms with Crippen molar-refractivity contribution < 1.29 is 13.9 Å². The molecule has 0 spiro atoms. The number of carbonyl (C=O) groups excluding carboxylic acids is 1. The van der Waals surface area contributed by atoms with Crippen molar-refractivity contribution >= 4 is 11.9 Å². The van der Waals surface area contributed by atoms with Crippen LogP contribution in [0.3, 0.4) is 0 Å². The van der Waals surface area contributed by atoms with Gasteiger partial charge in [-0.25, -0.2) is 0 Å². The maximum atomic E-state index is 11.9. The highest BCUT2D eigenvalue weighted by Crippen LogP contribution is 2.07. The second-order valence-electron chi connectivity index (χ2n) is 6.81. The van der Waals surface area contributed by atoms with Crippen LogP contribution in [0.4, 0.5) is 0 Å². The Balaban J connectivity index is 1.64. The van der Waals surface area contributed by atoms with Crippen LogP contribution in [0.2, 0.25) is 0 Å². The van der Waals surface area contributed by atoms with Crippen LogP contribution in [0, 0.1) is 5.92 Å². The van der Waals surface area contributed by atoms with Crippen LogP contribution in [0.25, 0.3) is 0 Å². The van der Waals surface area contributed by atoms with Gasteiger partial charge in [-0.1, -0.05) is 13.8 Å². The first-order valence-corrected chi connectivity index (χ1v) is 9.14. The summed E-state index contributed by atoms with van der Waals surface area (Å²) in [4.78, 5) is 18.5. The van der Waals surface area contributed by atoms with Gasteiger partial charge in [-0.3, -0.25) is 14.7 Å². The van der Waals surface area contributed by atoms with Gasteiger partial charge in [-0.15, -0.1) is 0 Å². The van der Waals surface area contributed by atoms with Crippen LogP contribution in [-0.2, 0) is 16.1 Å². The van der Waals surface area contributed by atoms with Crippen molar-refractivity contribution in [3.63, 3.8) is 0 Å². The predicted molar refractivity (Wildman–Crippen MR) is 101 cm³/mol. The summed E-state index contributed by atoms with van der Waals surface area (Å²) >= 11 is 0. The maximum Gasteiger partial charge on any atom is 0.239 e. The number of furan rings is 1. The minimum atomic E-state index is -0.124. The molecule has 1 unspecified atom stereocenters. The van der Waals surface area contributed by atoms with Gasteiger partial charge in [0.25, 0.3) is 0 Å². The van der Waals surface area contributed by atoms with Gasteiger partial charge in [0.1, 0.15) is 5.76 Å². The first-order chi connectivity index (χ1) is 12.6. The fourth-order valence-electron chi connectivity index (χ4n) is 2.84. The lowest BCUT2D eigenvalue weighted by Crippen LogP contribution is -2.51. The van der Waals surface area contributed by atoms with Crippen molar-refractivity contribution in [1.29, 1.82) is 0 Å². The van der Waals surface area contributed by atoms with Gasteiger partial charge >= 0.3 is 0 Å². The van der Waals surface area contributed by atoms with Gasteiger partial charge in [0.05, 0.1) is 32.1 Å². The van der Waals surface area contributed by atoms with Gasteiger partial charge in [-0.2, -0.15) is 0 Å². The number of guanidine groups is 1. The number of aliphatic imine (C=N–C) groups is 1. The summed E-state index contributed by atoms with van der Waals surface area (Å²) in [6.45, 7) is 9.36. The van der Waals surface area contributed by atoms with Gasteiger partial charge in [0, 0.05) is 33.2 Å². The number of hydrogen-bond acceptors (Lipinski definition) is 5. The van der Waals surface area contributed by atoms with E-state index in [1.807, 2.05) is 6.07 Å². The highest BCUT2D eigenvalue weighted by molar-refractivity contribution is 5.86. The molecule has 0 saturated carbocycles. The quantitative estimate of drug-likeness (QED) is 0.457. The number of carbonyl (C=O) groups is 1. The summed E-state index contributed by atoms with van der Waals surface area (Å²) < 4.78 is 11.0. The van der Waals surface area contributed by atoms with E-state index < -0.39 is 0 Å². The molecule has 1 aromatic rings. The Morgan fingerprint density at radius 2 is 2.23 bits per heavy atom. The van der Waals surface area contributed by atoms with Crippen molar-refractivity contribution in [2.75, 3.05) is 46.4 Å². The number of nitrogens with zero attached hydrogens (tertiary/aromatic N) is 2. The molecule has 2 rings (SSSR count). The molecular weight excluding hydrogens is 334 g/mol. The molecule has 8 heteroatoms. The monoisotopic (exact) mass is 365 g/mol. The van der Waals surface area contributed by atoms with Crippen LogP contribution >= 0.6 is 0 Å². The van der Waals surface area contributed by atoms with E-state index in [1.54, 1.807) is 19.4 Å². The minimum Gasteiger partial charge on any atom is -0.467 e. The van der Waals surface area contributed by atoms with E-state index in [1.165, 1.54) is 0 Å². The SMILES string of the molecule is CN=C(NCC(=O)NCc1ccco1)NCC1CN(CC(C)C)CCO1. The molecule has 1 aliphatic rings. The lowest BCUT2D eigenvalue weighted by molar-refractivity contribution is -0.120. The second-order valence-corrected chi connectivity index (χ2v) is 6.81. The fourth-order valence-corrected chi connectivity index (χ4v) is 2.84. The summed E-state index contributed by atoms with van der Waals surface area (Å²) in [5.41, 5.74) is 0. The topological polar surface area (TPSA) is 91.1 Å². The van der Waals surface area contributed by atoms with Gasteiger partial charge in [0.15, 0.2) is 5.96 Å². The third-order valence-corrected chi connectivity index (χ3v) is 4.02. The Labute approximate surface area is 155 Å². The normalized spacial score (nSPS) is 18.8. The summed E-state index contributed by atoms with van der Waals surface area (Å²) in [5, 5.41) is 9.02. The predicted octanol–water partition coefficient (Wildman–Crippen LogP) is 0.418. The van der Waals surface area contributed by atoms with E-state index in [4.69, 9.17) is 9.15 Å². The number of morpholine rings is 1. The molecule has 0 aromatic carbocycles. The van der Waals surface area contributed by atoms with Crippen LogP contribution in [0.15, 0.2) is 27.8 Å². The highest BCUT2D eigenvalue weighted by Gasteiger charge is 2.21. The summed E-state index contributed by atoms with van der Waals surface area (Å²) in [6.07, 6.45) is 1.70. The Morgan fingerprint density at radius 1 is 1.38 bits per heavy atom. The molecule has 0 bridgehead atoms. The van der Waals surface area contributed by atoms with E-state index in [0.29, 0.717) is 25.0 Å². The van der Waals surface area contributed by atoms with Gasteiger partial charge in [-0.05, 0) is 18.1 Å². The Morgan fingerprint density at radius 3 is 2.92 bits per heavy atom. The van der Waals surface area contributed by atoms with Crippen molar-refractivity contribution in [1.82, 2.24) is 20.9 Å². The minimum absolute atomic E-state index is 0.119. The fraction of sp³-hybridized carbons (Fsp3) is 0.667. The van der Waals surface area contributed by atoms with E-state index in [-0.39, 0.29) is 18.6 Å². The average molecular weight is 365 g/mol. The third-order valence-electron chi connectivity index (χ3n) is 4.02. The first kappa shape index (κ1) is 20.3. The van der Waals surface area contributed by atoms with Gasteiger partial charge < -0.3 is 25.1 Å². The van der Waals surface area contributed by atoms with Crippen molar-refractivity contribution in [2.24, 2.45) is 10.9 Å². The van der Waals surface area contributed by atoms with E-state index >= 15 is 0 Å². The largest absolute Gasteiger partial charge is 0.467 e. The molecule has 146 valence electrons. The van der Waals surface area contributed by atoms with Crippen molar-refractivity contribution in [3.8, 4) is 0 Å². The molecule has 8 nitrogen and oxygen atoms in total. The Bertz CT molecular complexity index is 559. The molecule has 0 aliphatic carbocycles. The van der Waals surface area contributed by atoms with Crippen LogP contribution in [-0.4, -0.2) is 69.2 Å². The number of rotatable bonds is 8. The number of ether oxygens (including phenoxy) is 1. The van der Waals surface area contributed by atoms with E-state index in [9.17, 15) is 4.79 Å². The lowest BCUT2D eigenvalue weighted by atomic mass is 10.2. The molecule has 2 heterocycles. The molecule has 0 radical (unpaired) electrons. The number of amides is 1. The molecule has 1 aromatic heterocycles. The van der Waals surface area contributed by atoms with Gasteiger partial charge in [0.2, 0.25) is 5.91 Å². The van der Waals surface area contributed by atoms with Crippen LogP contribution in [0.1, 0.15) is 19.6 Å². The first-order valence-electron chi connectivity index (χ1n) is 9.14. The molecule has 1 amide bonds. The molecule has 26 heavy (non-hydrogen) atoms. The molecule has 1 saturated heterocycles. The molecule has 1 fully saturated rings. The molecular formula is C18H31N5O3. The lowest BCUT2D eigenvalue weighted by Gasteiger charge is -2.34. The summed E-state index contributed by atoms with van der Waals surface area (Å²) in [7, 11) is 1.68. The zero-order valence-electron chi connectivity index (χ0n) is 16.0. The zero-order chi connectivity index (χ0) is 18.8. The summed E-state index contributed by atoms with van der Waals surface area (Å²) in [6, 6.07) is 3.61. The number of hydrogen-bond donors (Lipinski definition) is 3. The van der Waals surface area contributed by atoms with Crippen molar-refractivity contribution in [3.05, 3.63) is 24.2 Å². The Kier molecular flexibility index (Phi) is 8.43. The van der Waals surface area contributed by atoms with E-state index in [2.05, 4.69) is 39.7 Å². The third kappa shape index (κ3) is 7.45. The molecule has 1 atom stereocenters. The number of nitrogens with one attached hydrogen (secondary N) is 3. The van der Waals surface area contributed by atoms with E-state index in [0.717, 1.165) is 32.0 Å².